The number of esters is 1. The van der Waals surface area contributed by atoms with Gasteiger partial charge in [-0.15, -0.1) is 0 Å². The Morgan fingerprint density at radius 3 is 2.59 bits per heavy atom. The third kappa shape index (κ3) is 5.47. The fourth-order valence-corrected chi connectivity index (χ4v) is 3.37. The normalized spacial score (nSPS) is 14.0. The van der Waals surface area contributed by atoms with Gasteiger partial charge >= 0.3 is 5.97 Å². The zero-order chi connectivity index (χ0) is 23.9. The zero-order valence-corrected chi connectivity index (χ0v) is 18.5. The Kier molecular flexibility index (Phi) is 6.98. The van der Waals surface area contributed by atoms with Crippen molar-refractivity contribution in [2.45, 2.75) is 13.3 Å². The summed E-state index contributed by atoms with van der Waals surface area (Å²) >= 11 is 0. The first kappa shape index (κ1) is 22.7. The summed E-state index contributed by atoms with van der Waals surface area (Å²) in [7, 11) is 0. The van der Waals surface area contributed by atoms with Crippen LogP contribution in [-0.4, -0.2) is 30.0 Å². The van der Waals surface area contributed by atoms with Crippen LogP contribution in [0.25, 0.3) is 6.08 Å². The van der Waals surface area contributed by atoms with Crippen LogP contribution in [0, 0.1) is 10.1 Å². The molecule has 0 atom stereocenters. The number of benzene rings is 3. The molecule has 0 saturated carbocycles. The first-order chi connectivity index (χ1) is 16.5. The highest BCUT2D eigenvalue weighted by atomic mass is 16.6. The van der Waals surface area contributed by atoms with Gasteiger partial charge in [0.15, 0.2) is 17.2 Å². The summed E-state index contributed by atoms with van der Waals surface area (Å²) < 4.78 is 16.9. The van der Waals surface area contributed by atoms with E-state index in [2.05, 4.69) is 4.99 Å². The maximum atomic E-state index is 12.3. The average molecular weight is 458 g/mol. The monoisotopic (exact) mass is 458 g/mol. The SMILES string of the molecule is CCOc1cc(/C=C2\N=C(c3cccc([N+](=O)[O-])c3)OC2=O)ccc1OCCc1ccccc1. The van der Waals surface area contributed by atoms with Gasteiger partial charge in [0, 0.05) is 24.1 Å². The minimum Gasteiger partial charge on any atom is -0.490 e. The van der Waals surface area contributed by atoms with Crippen LogP contribution in [-0.2, 0) is 16.0 Å². The molecule has 1 heterocycles. The van der Waals surface area contributed by atoms with Gasteiger partial charge in [0.2, 0.25) is 5.90 Å². The topological polar surface area (TPSA) is 100 Å². The predicted molar refractivity (Wildman–Crippen MR) is 127 cm³/mol. The number of nitrogens with zero attached hydrogens (tertiary/aromatic N) is 2. The van der Waals surface area contributed by atoms with Crippen LogP contribution >= 0.6 is 0 Å². The molecule has 1 aliphatic rings. The molecule has 0 amide bonds. The van der Waals surface area contributed by atoms with Gasteiger partial charge in [0.1, 0.15) is 0 Å². The van der Waals surface area contributed by atoms with E-state index < -0.39 is 10.9 Å². The van der Waals surface area contributed by atoms with Crippen LogP contribution in [0.4, 0.5) is 5.69 Å². The molecule has 0 unspecified atom stereocenters. The van der Waals surface area contributed by atoms with Crippen molar-refractivity contribution in [1.82, 2.24) is 0 Å². The van der Waals surface area contributed by atoms with Crippen molar-refractivity contribution < 1.29 is 23.9 Å². The molecule has 172 valence electrons. The Hall–Kier alpha value is -4.46. The molecule has 0 aliphatic carbocycles. The summed E-state index contributed by atoms with van der Waals surface area (Å²) in [4.78, 5) is 27.1. The number of rotatable bonds is 9. The van der Waals surface area contributed by atoms with Crippen LogP contribution < -0.4 is 9.47 Å². The van der Waals surface area contributed by atoms with Crippen molar-refractivity contribution in [1.29, 1.82) is 0 Å². The van der Waals surface area contributed by atoms with Crippen molar-refractivity contribution in [2.24, 2.45) is 4.99 Å². The van der Waals surface area contributed by atoms with Crippen molar-refractivity contribution in [2.75, 3.05) is 13.2 Å². The molecule has 34 heavy (non-hydrogen) atoms. The van der Waals surface area contributed by atoms with Gasteiger partial charge in [-0.3, -0.25) is 10.1 Å². The number of cyclic esters (lactones) is 1. The Labute approximate surface area is 196 Å². The Morgan fingerprint density at radius 2 is 1.82 bits per heavy atom. The molecular weight excluding hydrogens is 436 g/mol. The average Bonchev–Trinajstić information content (AvgIpc) is 3.21. The largest absolute Gasteiger partial charge is 0.490 e. The van der Waals surface area contributed by atoms with Crippen molar-refractivity contribution >= 4 is 23.6 Å². The van der Waals surface area contributed by atoms with Gasteiger partial charge in [0.25, 0.3) is 5.69 Å². The summed E-state index contributed by atoms with van der Waals surface area (Å²) in [5.74, 6) is 0.544. The minimum absolute atomic E-state index is 0.0193. The Bertz CT molecular complexity index is 1270. The maximum absolute atomic E-state index is 12.3. The standard InChI is InChI=1S/C26H22N2O6/c1-2-32-24-16-19(11-12-23(24)33-14-13-18-7-4-3-5-8-18)15-22-26(29)34-25(27-22)20-9-6-10-21(17-20)28(30)31/h3-12,15-17H,2,13-14H2,1H3/b22-15-. The first-order valence-electron chi connectivity index (χ1n) is 10.7. The molecule has 0 bridgehead atoms. The third-order valence-corrected chi connectivity index (χ3v) is 4.99. The molecule has 8 heteroatoms. The van der Waals surface area contributed by atoms with E-state index in [1.807, 2.05) is 37.3 Å². The second-order valence-corrected chi connectivity index (χ2v) is 7.37. The van der Waals surface area contributed by atoms with Crippen LogP contribution in [0.15, 0.2) is 83.5 Å². The molecule has 0 fully saturated rings. The Morgan fingerprint density at radius 1 is 1.00 bits per heavy atom. The summed E-state index contributed by atoms with van der Waals surface area (Å²) in [6, 6.07) is 21.2. The lowest BCUT2D eigenvalue weighted by atomic mass is 10.1. The lowest BCUT2D eigenvalue weighted by molar-refractivity contribution is -0.384. The number of ether oxygens (including phenoxy) is 3. The number of carbonyl (C=O) groups excluding carboxylic acids is 1. The molecule has 0 aromatic heterocycles. The second kappa shape index (κ2) is 10.4. The summed E-state index contributed by atoms with van der Waals surface area (Å²) in [6.07, 6.45) is 2.34. The quantitative estimate of drug-likeness (QED) is 0.194. The smallest absolute Gasteiger partial charge is 0.363 e. The molecule has 0 spiro atoms. The molecule has 3 aromatic rings. The lowest BCUT2D eigenvalue weighted by Gasteiger charge is -2.12. The second-order valence-electron chi connectivity index (χ2n) is 7.37. The van der Waals surface area contributed by atoms with Gasteiger partial charge in [-0.2, -0.15) is 0 Å². The van der Waals surface area contributed by atoms with E-state index in [1.165, 1.54) is 23.8 Å². The third-order valence-electron chi connectivity index (χ3n) is 4.99. The molecule has 8 nitrogen and oxygen atoms in total. The van der Waals surface area contributed by atoms with Crippen molar-refractivity contribution in [3.8, 4) is 11.5 Å². The van der Waals surface area contributed by atoms with Gasteiger partial charge in [-0.05, 0) is 42.3 Å². The molecule has 0 radical (unpaired) electrons. The predicted octanol–water partition coefficient (Wildman–Crippen LogP) is 4.96. The number of non-ortho nitro benzene ring substituents is 1. The van der Waals surface area contributed by atoms with Gasteiger partial charge in [-0.1, -0.05) is 42.5 Å². The van der Waals surface area contributed by atoms with Crippen LogP contribution in [0.2, 0.25) is 0 Å². The van der Waals surface area contributed by atoms with Gasteiger partial charge < -0.3 is 14.2 Å². The highest BCUT2D eigenvalue weighted by Gasteiger charge is 2.25. The van der Waals surface area contributed by atoms with Gasteiger partial charge in [0.05, 0.1) is 18.1 Å². The number of hydrogen-bond donors (Lipinski definition) is 0. The Balaban J connectivity index is 1.52. The van der Waals surface area contributed by atoms with E-state index in [0.29, 0.717) is 35.8 Å². The molecule has 3 aromatic carbocycles. The number of nitro groups is 1. The summed E-state index contributed by atoms with van der Waals surface area (Å²) in [6.45, 7) is 2.82. The summed E-state index contributed by atoms with van der Waals surface area (Å²) in [5, 5.41) is 11.0. The molecule has 0 saturated heterocycles. The van der Waals surface area contributed by atoms with E-state index in [4.69, 9.17) is 14.2 Å². The first-order valence-corrected chi connectivity index (χ1v) is 10.7. The van der Waals surface area contributed by atoms with E-state index >= 15 is 0 Å². The number of hydrogen-bond acceptors (Lipinski definition) is 7. The zero-order valence-electron chi connectivity index (χ0n) is 18.5. The highest BCUT2D eigenvalue weighted by molar-refractivity contribution is 6.13. The fraction of sp³-hybridized carbons (Fsp3) is 0.154. The molecule has 0 N–H and O–H groups in total. The summed E-state index contributed by atoms with van der Waals surface area (Å²) in [5.41, 5.74) is 2.18. The van der Waals surface area contributed by atoms with Crippen molar-refractivity contribution in [3.63, 3.8) is 0 Å². The highest BCUT2D eigenvalue weighted by Crippen LogP contribution is 2.30. The van der Waals surface area contributed by atoms with Gasteiger partial charge in [-0.25, -0.2) is 9.79 Å². The lowest BCUT2D eigenvalue weighted by Crippen LogP contribution is -2.05. The van der Waals surface area contributed by atoms with Crippen LogP contribution in [0.3, 0.4) is 0 Å². The fourth-order valence-electron chi connectivity index (χ4n) is 3.37. The van der Waals surface area contributed by atoms with Crippen LogP contribution in [0.5, 0.6) is 11.5 Å². The van der Waals surface area contributed by atoms with E-state index in [9.17, 15) is 14.9 Å². The number of carbonyl (C=O) groups is 1. The van der Waals surface area contributed by atoms with Crippen LogP contribution in [0.1, 0.15) is 23.6 Å². The molecule has 4 rings (SSSR count). The number of aliphatic imine (C=N–C) groups is 1. The maximum Gasteiger partial charge on any atom is 0.363 e. The van der Waals surface area contributed by atoms with E-state index in [-0.39, 0.29) is 17.3 Å². The molecular formula is C26H22N2O6. The van der Waals surface area contributed by atoms with E-state index in [0.717, 1.165) is 6.42 Å². The number of nitro benzene ring substituents is 1. The van der Waals surface area contributed by atoms with Crippen molar-refractivity contribution in [3.05, 3.63) is 105 Å². The van der Waals surface area contributed by atoms with E-state index in [1.54, 1.807) is 30.3 Å². The minimum atomic E-state index is -0.636. The molecule has 1 aliphatic heterocycles.